The van der Waals surface area contributed by atoms with Crippen LogP contribution in [-0.2, 0) is 9.53 Å². The van der Waals surface area contributed by atoms with Gasteiger partial charge in [0.15, 0.2) is 0 Å². The zero-order valence-corrected chi connectivity index (χ0v) is 14.4. The SMILES string of the molecule is CCCCN(C(=O)[C@@H]1CC[C@H](CN)O1)C(CC)c1ccccc1. The molecule has 0 saturated carbocycles. The van der Waals surface area contributed by atoms with E-state index >= 15 is 0 Å². The van der Waals surface area contributed by atoms with Crippen molar-refractivity contribution in [2.45, 2.75) is 64.2 Å². The Labute approximate surface area is 140 Å². The summed E-state index contributed by atoms with van der Waals surface area (Å²) in [5.74, 6) is 0.130. The molecule has 2 rings (SSSR count). The lowest BCUT2D eigenvalue weighted by Gasteiger charge is -2.33. The largest absolute Gasteiger partial charge is 0.364 e. The van der Waals surface area contributed by atoms with Crippen LogP contribution in [0.2, 0.25) is 0 Å². The third kappa shape index (κ3) is 4.55. The summed E-state index contributed by atoms with van der Waals surface area (Å²) in [4.78, 5) is 15.1. The number of carbonyl (C=O) groups excluding carboxylic acids is 1. The molecule has 4 nitrogen and oxygen atoms in total. The van der Waals surface area contributed by atoms with Crippen molar-refractivity contribution in [3.05, 3.63) is 35.9 Å². The fourth-order valence-corrected chi connectivity index (χ4v) is 3.30. The Hall–Kier alpha value is -1.39. The maximum Gasteiger partial charge on any atom is 0.252 e. The van der Waals surface area contributed by atoms with Crippen molar-refractivity contribution in [1.29, 1.82) is 0 Å². The van der Waals surface area contributed by atoms with Crippen LogP contribution in [0.4, 0.5) is 0 Å². The average molecular weight is 318 g/mol. The van der Waals surface area contributed by atoms with Crippen molar-refractivity contribution in [3.63, 3.8) is 0 Å². The van der Waals surface area contributed by atoms with Gasteiger partial charge in [-0.1, -0.05) is 50.6 Å². The molecular weight excluding hydrogens is 288 g/mol. The van der Waals surface area contributed by atoms with Crippen molar-refractivity contribution < 1.29 is 9.53 Å². The first-order chi connectivity index (χ1) is 11.2. The van der Waals surface area contributed by atoms with Crippen molar-refractivity contribution in [3.8, 4) is 0 Å². The number of amides is 1. The number of ether oxygens (including phenoxy) is 1. The molecule has 0 aromatic heterocycles. The highest BCUT2D eigenvalue weighted by atomic mass is 16.5. The van der Waals surface area contributed by atoms with E-state index in [4.69, 9.17) is 10.5 Å². The van der Waals surface area contributed by atoms with Gasteiger partial charge >= 0.3 is 0 Å². The van der Waals surface area contributed by atoms with Crippen molar-refractivity contribution in [1.82, 2.24) is 4.90 Å². The highest BCUT2D eigenvalue weighted by Gasteiger charge is 2.35. The smallest absolute Gasteiger partial charge is 0.252 e. The van der Waals surface area contributed by atoms with Gasteiger partial charge in [-0.3, -0.25) is 4.79 Å². The van der Waals surface area contributed by atoms with E-state index < -0.39 is 0 Å². The molecule has 1 unspecified atom stereocenters. The van der Waals surface area contributed by atoms with Gasteiger partial charge in [0.2, 0.25) is 0 Å². The van der Waals surface area contributed by atoms with Crippen LogP contribution in [0.5, 0.6) is 0 Å². The van der Waals surface area contributed by atoms with E-state index in [1.54, 1.807) is 0 Å². The van der Waals surface area contributed by atoms with Crippen molar-refractivity contribution in [2.75, 3.05) is 13.1 Å². The lowest BCUT2D eigenvalue weighted by Crippen LogP contribution is -2.42. The van der Waals surface area contributed by atoms with Crippen LogP contribution in [0.1, 0.15) is 57.6 Å². The summed E-state index contributed by atoms with van der Waals surface area (Å²) in [5, 5.41) is 0. The van der Waals surface area contributed by atoms with Crippen LogP contribution < -0.4 is 5.73 Å². The summed E-state index contributed by atoms with van der Waals surface area (Å²) in [6.45, 7) is 5.58. The van der Waals surface area contributed by atoms with E-state index in [2.05, 4.69) is 26.0 Å². The van der Waals surface area contributed by atoms with Gasteiger partial charge in [-0.05, 0) is 31.2 Å². The summed E-state index contributed by atoms with van der Waals surface area (Å²) < 4.78 is 5.85. The number of unbranched alkanes of at least 4 members (excludes halogenated alkanes) is 1. The minimum Gasteiger partial charge on any atom is -0.364 e. The van der Waals surface area contributed by atoms with Gasteiger partial charge in [0.1, 0.15) is 6.10 Å². The molecule has 128 valence electrons. The molecule has 1 aromatic rings. The molecule has 2 N–H and O–H groups in total. The zero-order valence-electron chi connectivity index (χ0n) is 14.4. The van der Waals surface area contributed by atoms with E-state index in [0.717, 1.165) is 38.6 Å². The molecule has 1 fully saturated rings. The molecule has 23 heavy (non-hydrogen) atoms. The fourth-order valence-electron chi connectivity index (χ4n) is 3.30. The molecule has 3 atom stereocenters. The second-order valence-electron chi connectivity index (χ2n) is 6.28. The molecule has 1 heterocycles. The maximum atomic E-state index is 13.0. The highest BCUT2D eigenvalue weighted by Crippen LogP contribution is 2.29. The van der Waals surface area contributed by atoms with Gasteiger partial charge in [0, 0.05) is 13.1 Å². The first kappa shape index (κ1) is 18.0. The lowest BCUT2D eigenvalue weighted by molar-refractivity contribution is -0.145. The molecule has 1 aliphatic rings. The van der Waals surface area contributed by atoms with Crippen LogP contribution in [-0.4, -0.2) is 36.1 Å². The fraction of sp³-hybridized carbons (Fsp3) is 0.632. The Bertz CT molecular complexity index is 478. The minimum atomic E-state index is -0.321. The number of nitrogens with two attached hydrogens (primary N) is 1. The zero-order chi connectivity index (χ0) is 16.7. The first-order valence-electron chi connectivity index (χ1n) is 8.92. The molecule has 0 radical (unpaired) electrons. The number of carbonyl (C=O) groups is 1. The summed E-state index contributed by atoms with van der Waals surface area (Å²) in [5.41, 5.74) is 6.88. The Morgan fingerprint density at radius 1 is 1.30 bits per heavy atom. The predicted molar refractivity (Wildman–Crippen MR) is 93.0 cm³/mol. The Balaban J connectivity index is 2.16. The second-order valence-corrected chi connectivity index (χ2v) is 6.28. The van der Waals surface area contributed by atoms with Crippen LogP contribution >= 0.6 is 0 Å². The number of benzene rings is 1. The number of rotatable bonds is 8. The van der Waals surface area contributed by atoms with E-state index in [9.17, 15) is 4.79 Å². The highest BCUT2D eigenvalue weighted by molar-refractivity contribution is 5.81. The van der Waals surface area contributed by atoms with Crippen LogP contribution in [0, 0.1) is 0 Å². The number of hydrogen-bond acceptors (Lipinski definition) is 3. The van der Waals surface area contributed by atoms with Crippen LogP contribution in [0.3, 0.4) is 0 Å². The molecule has 1 aromatic carbocycles. The topological polar surface area (TPSA) is 55.6 Å². The first-order valence-corrected chi connectivity index (χ1v) is 8.92. The Morgan fingerprint density at radius 2 is 2.04 bits per heavy atom. The summed E-state index contributed by atoms with van der Waals surface area (Å²) in [7, 11) is 0. The number of hydrogen-bond donors (Lipinski definition) is 1. The maximum absolute atomic E-state index is 13.0. The standard InChI is InChI=1S/C19H30N2O2/c1-3-5-13-21(17(4-2)15-9-7-6-8-10-15)19(22)18-12-11-16(14-20)23-18/h6-10,16-18H,3-5,11-14,20H2,1-2H3/t16-,17?,18+/m1/s1. The van der Waals surface area contributed by atoms with Crippen molar-refractivity contribution in [2.24, 2.45) is 5.73 Å². The van der Waals surface area contributed by atoms with Gasteiger partial charge < -0.3 is 15.4 Å². The summed E-state index contributed by atoms with van der Waals surface area (Å²) >= 11 is 0. The molecule has 0 bridgehead atoms. The Kier molecular flexibility index (Phi) is 7.06. The van der Waals surface area contributed by atoms with Crippen LogP contribution in [0.15, 0.2) is 30.3 Å². The molecule has 0 spiro atoms. The molecule has 1 saturated heterocycles. The van der Waals surface area contributed by atoms with Gasteiger partial charge in [-0.25, -0.2) is 0 Å². The van der Waals surface area contributed by atoms with E-state index in [1.807, 2.05) is 23.1 Å². The van der Waals surface area contributed by atoms with Crippen LogP contribution in [0.25, 0.3) is 0 Å². The summed E-state index contributed by atoms with van der Waals surface area (Å²) in [6, 6.07) is 10.4. The molecule has 1 aliphatic heterocycles. The quantitative estimate of drug-likeness (QED) is 0.800. The average Bonchev–Trinajstić information content (AvgIpc) is 3.08. The summed E-state index contributed by atoms with van der Waals surface area (Å²) in [6.07, 6.45) is 4.39. The number of nitrogens with zero attached hydrogens (tertiary/aromatic N) is 1. The van der Waals surface area contributed by atoms with E-state index in [-0.39, 0.29) is 24.2 Å². The molecule has 1 amide bonds. The van der Waals surface area contributed by atoms with Crippen molar-refractivity contribution >= 4 is 5.91 Å². The molecule has 0 aliphatic carbocycles. The molecular formula is C19H30N2O2. The third-order valence-corrected chi connectivity index (χ3v) is 4.63. The monoisotopic (exact) mass is 318 g/mol. The molecule has 4 heteroatoms. The third-order valence-electron chi connectivity index (χ3n) is 4.63. The predicted octanol–water partition coefficient (Wildman–Crippen LogP) is 3.27. The van der Waals surface area contributed by atoms with Gasteiger partial charge in [-0.2, -0.15) is 0 Å². The second kappa shape index (κ2) is 9.04. The van der Waals surface area contributed by atoms with E-state index in [0.29, 0.717) is 6.54 Å². The van der Waals surface area contributed by atoms with Gasteiger partial charge in [-0.15, -0.1) is 0 Å². The lowest BCUT2D eigenvalue weighted by atomic mass is 10.0. The Morgan fingerprint density at radius 3 is 2.61 bits per heavy atom. The normalized spacial score (nSPS) is 22.0. The van der Waals surface area contributed by atoms with Gasteiger partial charge in [0.25, 0.3) is 5.91 Å². The minimum absolute atomic E-state index is 0.0359. The van der Waals surface area contributed by atoms with E-state index in [1.165, 1.54) is 5.56 Å². The van der Waals surface area contributed by atoms with Gasteiger partial charge in [0.05, 0.1) is 12.1 Å².